The topological polar surface area (TPSA) is 96.6 Å². The minimum absolute atomic E-state index is 0.0224. The first kappa shape index (κ1) is 13.3. The molecule has 1 aliphatic rings. The number of hydrogen-bond acceptors (Lipinski definition) is 5. The molecule has 0 aromatic carbocycles. The van der Waals surface area contributed by atoms with Crippen LogP contribution < -0.4 is 4.90 Å². The Hall–Kier alpha value is -2.18. The standard InChI is InChI=1S/C12H15N3O4/c1-7-3-11(13-4-10(7)15(18)19)14-5-8(2)9(6-14)12(16)17/h3-4,8-9H,5-6H2,1-2H3,(H,16,17). The quantitative estimate of drug-likeness (QED) is 0.656. The van der Waals surface area contributed by atoms with Gasteiger partial charge in [0.15, 0.2) is 0 Å². The fourth-order valence-electron chi connectivity index (χ4n) is 2.37. The molecule has 2 unspecified atom stereocenters. The molecule has 0 saturated carbocycles. The third kappa shape index (κ3) is 2.49. The molecular formula is C12H15N3O4. The van der Waals surface area contributed by atoms with E-state index in [1.54, 1.807) is 13.0 Å². The molecule has 1 saturated heterocycles. The van der Waals surface area contributed by atoms with Crippen LogP contribution in [0.5, 0.6) is 0 Å². The van der Waals surface area contributed by atoms with Gasteiger partial charge in [0.2, 0.25) is 0 Å². The second kappa shape index (κ2) is 4.83. The van der Waals surface area contributed by atoms with E-state index in [4.69, 9.17) is 5.11 Å². The average molecular weight is 265 g/mol. The van der Waals surface area contributed by atoms with E-state index in [1.807, 2.05) is 11.8 Å². The van der Waals surface area contributed by atoms with Crippen LogP contribution in [0.2, 0.25) is 0 Å². The number of pyridine rings is 1. The molecule has 0 radical (unpaired) electrons. The summed E-state index contributed by atoms with van der Waals surface area (Å²) in [4.78, 5) is 27.2. The van der Waals surface area contributed by atoms with Crippen molar-refractivity contribution >= 4 is 17.5 Å². The van der Waals surface area contributed by atoms with E-state index in [-0.39, 0.29) is 11.6 Å². The first-order valence-electron chi connectivity index (χ1n) is 5.99. The molecular weight excluding hydrogens is 250 g/mol. The lowest BCUT2D eigenvalue weighted by Gasteiger charge is -2.17. The van der Waals surface area contributed by atoms with Crippen molar-refractivity contribution in [3.8, 4) is 0 Å². The van der Waals surface area contributed by atoms with Gasteiger partial charge in [0.05, 0.1) is 10.8 Å². The van der Waals surface area contributed by atoms with Crippen LogP contribution in [0.3, 0.4) is 0 Å². The van der Waals surface area contributed by atoms with Gasteiger partial charge in [0.25, 0.3) is 5.69 Å². The molecule has 7 heteroatoms. The van der Waals surface area contributed by atoms with Crippen LogP contribution in [0.25, 0.3) is 0 Å². The molecule has 1 fully saturated rings. The number of aliphatic carboxylic acids is 1. The van der Waals surface area contributed by atoms with Gasteiger partial charge >= 0.3 is 5.97 Å². The van der Waals surface area contributed by atoms with Crippen LogP contribution >= 0.6 is 0 Å². The summed E-state index contributed by atoms with van der Waals surface area (Å²) in [6.45, 7) is 4.52. The van der Waals surface area contributed by atoms with E-state index >= 15 is 0 Å². The monoisotopic (exact) mass is 265 g/mol. The molecule has 1 aromatic heterocycles. The highest BCUT2D eigenvalue weighted by atomic mass is 16.6. The maximum Gasteiger partial charge on any atom is 0.308 e. The number of anilines is 1. The highest BCUT2D eigenvalue weighted by Crippen LogP contribution is 2.29. The summed E-state index contributed by atoms with van der Waals surface area (Å²) < 4.78 is 0. The van der Waals surface area contributed by atoms with Gasteiger partial charge in [0, 0.05) is 18.7 Å². The molecule has 102 valence electrons. The van der Waals surface area contributed by atoms with E-state index in [0.717, 1.165) is 0 Å². The van der Waals surface area contributed by atoms with Gasteiger partial charge in [0.1, 0.15) is 12.0 Å². The van der Waals surface area contributed by atoms with E-state index < -0.39 is 16.8 Å². The second-order valence-corrected chi connectivity index (χ2v) is 4.91. The van der Waals surface area contributed by atoms with Gasteiger partial charge in [-0.15, -0.1) is 0 Å². The summed E-state index contributed by atoms with van der Waals surface area (Å²) in [6, 6.07) is 1.63. The van der Waals surface area contributed by atoms with Crippen molar-refractivity contribution in [1.29, 1.82) is 0 Å². The van der Waals surface area contributed by atoms with Crippen LogP contribution in [0.1, 0.15) is 12.5 Å². The fourth-order valence-corrected chi connectivity index (χ4v) is 2.37. The molecule has 0 spiro atoms. The summed E-state index contributed by atoms with van der Waals surface area (Å²) in [5.41, 5.74) is 0.507. The molecule has 0 amide bonds. The highest BCUT2D eigenvalue weighted by molar-refractivity contribution is 5.72. The third-order valence-electron chi connectivity index (χ3n) is 3.52. The zero-order valence-corrected chi connectivity index (χ0v) is 10.7. The zero-order chi connectivity index (χ0) is 14.2. The van der Waals surface area contributed by atoms with Crippen molar-refractivity contribution in [2.75, 3.05) is 18.0 Å². The maximum atomic E-state index is 11.1. The lowest BCUT2D eigenvalue weighted by atomic mass is 9.99. The van der Waals surface area contributed by atoms with Gasteiger partial charge in [-0.25, -0.2) is 4.98 Å². The summed E-state index contributed by atoms with van der Waals surface area (Å²) in [6.07, 6.45) is 1.23. The molecule has 0 bridgehead atoms. The van der Waals surface area contributed by atoms with Gasteiger partial charge in [-0.05, 0) is 18.9 Å². The molecule has 2 heterocycles. The number of carboxylic acids is 1. The Morgan fingerprint density at radius 2 is 2.26 bits per heavy atom. The minimum atomic E-state index is -0.811. The summed E-state index contributed by atoms with van der Waals surface area (Å²) >= 11 is 0. The number of aromatic nitrogens is 1. The number of hydrogen-bond donors (Lipinski definition) is 1. The zero-order valence-electron chi connectivity index (χ0n) is 10.7. The predicted molar refractivity (Wildman–Crippen MR) is 68.1 cm³/mol. The normalized spacial score (nSPS) is 22.5. The van der Waals surface area contributed by atoms with E-state index in [0.29, 0.717) is 24.5 Å². The van der Waals surface area contributed by atoms with Crippen molar-refractivity contribution in [1.82, 2.24) is 4.98 Å². The van der Waals surface area contributed by atoms with Crippen molar-refractivity contribution in [2.24, 2.45) is 11.8 Å². The Morgan fingerprint density at radius 1 is 1.58 bits per heavy atom. The first-order chi connectivity index (χ1) is 8.90. The molecule has 1 N–H and O–H groups in total. The fraction of sp³-hybridized carbons (Fsp3) is 0.500. The van der Waals surface area contributed by atoms with E-state index in [1.165, 1.54) is 6.20 Å². The number of carboxylic acid groups (broad SMARTS) is 1. The van der Waals surface area contributed by atoms with Crippen LogP contribution in [0.4, 0.5) is 11.5 Å². The number of aryl methyl sites for hydroxylation is 1. The molecule has 7 nitrogen and oxygen atoms in total. The predicted octanol–water partition coefficient (Wildman–Crippen LogP) is 1.46. The van der Waals surface area contributed by atoms with Crippen molar-refractivity contribution in [3.05, 3.63) is 27.9 Å². The highest BCUT2D eigenvalue weighted by Gasteiger charge is 2.35. The Balaban J connectivity index is 2.22. The Morgan fingerprint density at radius 3 is 2.74 bits per heavy atom. The largest absolute Gasteiger partial charge is 0.481 e. The molecule has 0 aliphatic carbocycles. The van der Waals surface area contributed by atoms with Crippen molar-refractivity contribution in [3.63, 3.8) is 0 Å². The van der Waals surface area contributed by atoms with Crippen LogP contribution in [0.15, 0.2) is 12.3 Å². The lowest BCUT2D eigenvalue weighted by molar-refractivity contribution is -0.385. The first-order valence-corrected chi connectivity index (χ1v) is 5.99. The molecule has 19 heavy (non-hydrogen) atoms. The Bertz CT molecular complexity index is 532. The average Bonchev–Trinajstić information content (AvgIpc) is 2.70. The smallest absolute Gasteiger partial charge is 0.308 e. The van der Waals surface area contributed by atoms with Crippen LogP contribution in [0, 0.1) is 28.9 Å². The minimum Gasteiger partial charge on any atom is -0.481 e. The summed E-state index contributed by atoms with van der Waals surface area (Å²) in [7, 11) is 0. The van der Waals surface area contributed by atoms with Gasteiger partial charge in [-0.1, -0.05) is 6.92 Å². The lowest BCUT2D eigenvalue weighted by Crippen LogP contribution is -2.23. The number of nitrogens with zero attached hydrogens (tertiary/aromatic N) is 3. The number of nitro groups is 1. The molecule has 1 aliphatic heterocycles. The number of carbonyl (C=O) groups is 1. The van der Waals surface area contributed by atoms with Gasteiger partial charge in [-0.3, -0.25) is 14.9 Å². The van der Waals surface area contributed by atoms with Gasteiger partial charge < -0.3 is 10.0 Å². The summed E-state index contributed by atoms with van der Waals surface area (Å²) in [5, 5.41) is 19.8. The molecule has 2 atom stereocenters. The molecule has 2 rings (SSSR count). The van der Waals surface area contributed by atoms with Crippen molar-refractivity contribution < 1.29 is 14.8 Å². The Kier molecular flexibility index (Phi) is 3.37. The van der Waals surface area contributed by atoms with Crippen LogP contribution in [-0.2, 0) is 4.79 Å². The van der Waals surface area contributed by atoms with Crippen molar-refractivity contribution in [2.45, 2.75) is 13.8 Å². The summed E-state index contributed by atoms with van der Waals surface area (Å²) in [5.74, 6) is -0.598. The van der Waals surface area contributed by atoms with E-state index in [9.17, 15) is 14.9 Å². The van der Waals surface area contributed by atoms with Gasteiger partial charge in [-0.2, -0.15) is 0 Å². The molecule has 1 aromatic rings. The van der Waals surface area contributed by atoms with E-state index in [2.05, 4.69) is 4.98 Å². The SMILES string of the molecule is Cc1cc(N2CC(C)C(C(=O)O)C2)ncc1[N+](=O)[O-]. The second-order valence-electron chi connectivity index (χ2n) is 4.91. The Labute approximate surface area is 110 Å². The van der Waals surface area contributed by atoms with Crippen LogP contribution in [-0.4, -0.2) is 34.1 Å². The third-order valence-corrected chi connectivity index (χ3v) is 3.52. The maximum absolute atomic E-state index is 11.1. The number of rotatable bonds is 3.